The van der Waals surface area contributed by atoms with Crippen LogP contribution >= 0.6 is 11.3 Å². The monoisotopic (exact) mass is 242 g/mol. The van der Waals surface area contributed by atoms with Gasteiger partial charge in [-0.1, -0.05) is 13.8 Å². The lowest BCUT2D eigenvalue weighted by atomic mass is 9.89. The average Bonchev–Trinajstić information content (AvgIpc) is 2.77. The Hall–Kier alpha value is -0.450. The molecule has 1 heterocycles. The van der Waals surface area contributed by atoms with Gasteiger partial charge in [0.1, 0.15) is 5.01 Å². The highest BCUT2D eigenvalue weighted by molar-refractivity contribution is 7.09. The van der Waals surface area contributed by atoms with Gasteiger partial charge in [-0.2, -0.15) is 0 Å². The van der Waals surface area contributed by atoms with E-state index in [0.29, 0.717) is 6.04 Å². The van der Waals surface area contributed by atoms with Gasteiger partial charge in [-0.25, -0.2) is 4.98 Å². The molecule has 0 radical (unpaired) electrons. The fraction of sp³-hybridized carbons (Fsp3) is 0.750. The van der Waals surface area contributed by atoms with Crippen LogP contribution in [0.5, 0.6) is 0 Å². The van der Waals surface area contributed by atoms with Crippen LogP contribution in [0.15, 0.2) is 11.6 Å². The molecule has 1 unspecified atom stereocenters. The molecule has 16 heavy (non-hydrogen) atoms. The number of hydrogen-bond donors (Lipinski definition) is 1. The lowest BCUT2D eigenvalue weighted by molar-refractivity contribution is 0.149. The second-order valence-corrected chi connectivity index (χ2v) is 5.81. The van der Waals surface area contributed by atoms with Gasteiger partial charge in [0.05, 0.1) is 6.04 Å². The Balaban J connectivity index is 2.33. The Morgan fingerprint density at radius 3 is 2.88 bits per heavy atom. The first-order valence-electron chi connectivity index (χ1n) is 5.67. The van der Waals surface area contributed by atoms with E-state index in [2.05, 4.69) is 31.1 Å². The van der Waals surface area contributed by atoms with Crippen molar-refractivity contribution in [3.8, 4) is 0 Å². The third-order valence-electron chi connectivity index (χ3n) is 2.69. The lowest BCUT2D eigenvalue weighted by Gasteiger charge is -2.26. The topological polar surface area (TPSA) is 34.1 Å². The summed E-state index contributed by atoms with van der Waals surface area (Å²) in [7, 11) is 1.75. The molecule has 0 spiro atoms. The van der Waals surface area contributed by atoms with Crippen molar-refractivity contribution in [3.05, 3.63) is 16.6 Å². The smallest absolute Gasteiger partial charge is 0.109 e. The number of ether oxygens (including phenoxy) is 1. The lowest BCUT2D eigenvalue weighted by Crippen LogP contribution is -2.32. The molecule has 1 aromatic rings. The maximum Gasteiger partial charge on any atom is 0.109 e. The second kappa shape index (κ2) is 6.33. The zero-order chi connectivity index (χ0) is 12.0. The molecule has 0 amide bonds. The molecule has 3 nitrogen and oxygen atoms in total. The number of aromatic nitrogens is 1. The summed E-state index contributed by atoms with van der Waals surface area (Å²) < 4.78 is 5.12. The summed E-state index contributed by atoms with van der Waals surface area (Å²) >= 11 is 1.70. The van der Waals surface area contributed by atoms with Gasteiger partial charge < -0.3 is 10.1 Å². The maximum atomic E-state index is 5.12. The van der Waals surface area contributed by atoms with Crippen LogP contribution < -0.4 is 5.32 Å². The van der Waals surface area contributed by atoms with Crippen molar-refractivity contribution in [3.63, 3.8) is 0 Å². The van der Waals surface area contributed by atoms with Gasteiger partial charge in [-0.3, -0.25) is 0 Å². The van der Waals surface area contributed by atoms with Crippen LogP contribution in [0, 0.1) is 5.41 Å². The van der Waals surface area contributed by atoms with Gasteiger partial charge in [0, 0.05) is 31.8 Å². The molecule has 1 atom stereocenters. The molecule has 0 aliphatic heterocycles. The van der Waals surface area contributed by atoms with Crippen LogP contribution in [0.25, 0.3) is 0 Å². The number of methoxy groups -OCH3 is 1. The molecule has 1 N–H and O–H groups in total. The summed E-state index contributed by atoms with van der Waals surface area (Å²) in [6.45, 7) is 8.48. The molecule has 0 aliphatic carbocycles. The molecule has 0 saturated heterocycles. The fourth-order valence-electron chi connectivity index (χ4n) is 1.43. The third-order valence-corrected chi connectivity index (χ3v) is 3.65. The Kier molecular flexibility index (Phi) is 5.38. The van der Waals surface area contributed by atoms with Crippen LogP contribution in [0.4, 0.5) is 0 Å². The largest absolute Gasteiger partial charge is 0.385 e. The minimum absolute atomic E-state index is 0.265. The minimum atomic E-state index is 0.265. The van der Waals surface area contributed by atoms with Crippen LogP contribution in [0.3, 0.4) is 0 Å². The van der Waals surface area contributed by atoms with Crippen molar-refractivity contribution in [1.29, 1.82) is 0 Å². The van der Waals surface area contributed by atoms with Gasteiger partial charge in [0.15, 0.2) is 0 Å². The quantitative estimate of drug-likeness (QED) is 0.798. The van der Waals surface area contributed by atoms with Crippen molar-refractivity contribution in [1.82, 2.24) is 10.3 Å². The normalized spacial score (nSPS) is 14.0. The molecular weight excluding hydrogens is 220 g/mol. The van der Waals surface area contributed by atoms with E-state index in [9.17, 15) is 0 Å². The van der Waals surface area contributed by atoms with Gasteiger partial charge in [-0.05, 0) is 18.8 Å². The van der Waals surface area contributed by atoms with E-state index in [0.717, 1.165) is 24.6 Å². The minimum Gasteiger partial charge on any atom is -0.385 e. The zero-order valence-corrected chi connectivity index (χ0v) is 11.4. The van der Waals surface area contributed by atoms with Crippen molar-refractivity contribution < 1.29 is 4.74 Å². The highest BCUT2D eigenvalue weighted by Crippen LogP contribution is 2.21. The van der Waals surface area contributed by atoms with E-state index in [-0.39, 0.29) is 5.41 Å². The number of nitrogens with zero attached hydrogens (tertiary/aromatic N) is 1. The molecule has 0 fully saturated rings. The highest BCUT2D eigenvalue weighted by Gasteiger charge is 2.19. The molecule has 0 aromatic carbocycles. The SMILES string of the molecule is COCCC(C)(C)CNC(C)c1nccs1. The average molecular weight is 242 g/mol. The van der Waals surface area contributed by atoms with Crippen molar-refractivity contribution in [2.75, 3.05) is 20.3 Å². The predicted octanol–water partition coefficient (Wildman–Crippen LogP) is 2.86. The van der Waals surface area contributed by atoms with Crippen molar-refractivity contribution in [2.24, 2.45) is 5.41 Å². The molecule has 4 heteroatoms. The standard InChI is InChI=1S/C12H22N2OS/c1-10(11-13-6-8-16-11)14-9-12(2,3)5-7-15-4/h6,8,10,14H,5,7,9H2,1-4H3. The zero-order valence-electron chi connectivity index (χ0n) is 10.6. The van der Waals surface area contributed by atoms with Gasteiger partial charge in [0.25, 0.3) is 0 Å². The molecule has 0 aliphatic rings. The van der Waals surface area contributed by atoms with Crippen LogP contribution in [-0.2, 0) is 4.74 Å². The van der Waals surface area contributed by atoms with E-state index in [4.69, 9.17) is 4.74 Å². The molecule has 1 rings (SSSR count). The second-order valence-electron chi connectivity index (χ2n) is 4.88. The molecular formula is C12H22N2OS. The van der Waals surface area contributed by atoms with Crippen molar-refractivity contribution in [2.45, 2.75) is 33.2 Å². The number of thiazole rings is 1. The van der Waals surface area contributed by atoms with E-state index in [1.807, 2.05) is 11.6 Å². The van der Waals surface area contributed by atoms with Gasteiger partial charge >= 0.3 is 0 Å². The first-order valence-corrected chi connectivity index (χ1v) is 6.55. The summed E-state index contributed by atoms with van der Waals surface area (Å²) in [6.07, 6.45) is 2.93. The van der Waals surface area contributed by atoms with E-state index >= 15 is 0 Å². The summed E-state index contributed by atoms with van der Waals surface area (Å²) in [6, 6.07) is 0.335. The summed E-state index contributed by atoms with van der Waals surface area (Å²) in [5.41, 5.74) is 0.265. The molecule has 0 bridgehead atoms. The summed E-state index contributed by atoms with van der Waals surface area (Å²) in [4.78, 5) is 4.31. The summed E-state index contributed by atoms with van der Waals surface area (Å²) in [5, 5.41) is 6.70. The fourth-order valence-corrected chi connectivity index (χ4v) is 2.10. The van der Waals surface area contributed by atoms with Crippen LogP contribution in [0.1, 0.15) is 38.2 Å². The number of rotatable bonds is 7. The van der Waals surface area contributed by atoms with E-state index in [1.165, 1.54) is 0 Å². The molecule has 0 saturated carbocycles. The Morgan fingerprint density at radius 2 is 2.31 bits per heavy atom. The Bertz CT molecular complexity index is 285. The van der Waals surface area contributed by atoms with E-state index in [1.54, 1.807) is 18.4 Å². The first-order chi connectivity index (χ1) is 7.55. The van der Waals surface area contributed by atoms with E-state index < -0.39 is 0 Å². The number of hydrogen-bond acceptors (Lipinski definition) is 4. The number of nitrogens with one attached hydrogen (secondary N) is 1. The van der Waals surface area contributed by atoms with Gasteiger partial charge in [0.2, 0.25) is 0 Å². The highest BCUT2D eigenvalue weighted by atomic mass is 32.1. The molecule has 1 aromatic heterocycles. The van der Waals surface area contributed by atoms with Crippen LogP contribution in [-0.4, -0.2) is 25.2 Å². The maximum absolute atomic E-state index is 5.12. The summed E-state index contributed by atoms with van der Waals surface area (Å²) in [5.74, 6) is 0. The molecule has 92 valence electrons. The third kappa shape index (κ3) is 4.60. The Labute approximate surface area is 102 Å². The van der Waals surface area contributed by atoms with Crippen molar-refractivity contribution >= 4 is 11.3 Å². The first kappa shape index (κ1) is 13.6. The predicted molar refractivity (Wildman–Crippen MR) is 68.8 cm³/mol. The van der Waals surface area contributed by atoms with Crippen LogP contribution in [0.2, 0.25) is 0 Å². The Morgan fingerprint density at radius 1 is 1.56 bits per heavy atom. The van der Waals surface area contributed by atoms with Gasteiger partial charge in [-0.15, -0.1) is 11.3 Å².